The molecule has 6 heteroatoms. The van der Waals surface area contributed by atoms with Gasteiger partial charge in [0.15, 0.2) is 0 Å². The van der Waals surface area contributed by atoms with Crippen molar-refractivity contribution >= 4 is 17.6 Å². The summed E-state index contributed by atoms with van der Waals surface area (Å²) in [5.41, 5.74) is 3.59. The maximum atomic E-state index is 11.0. The van der Waals surface area contributed by atoms with Crippen LogP contribution in [-0.4, -0.2) is 28.8 Å². The molecule has 2 atom stereocenters. The van der Waals surface area contributed by atoms with Crippen LogP contribution in [0.2, 0.25) is 5.02 Å². The lowest BCUT2D eigenvalue weighted by atomic mass is 10.0. The molecule has 0 saturated heterocycles. The fourth-order valence-corrected chi connectivity index (χ4v) is 4.29. The first-order chi connectivity index (χ1) is 15.5. The lowest BCUT2D eigenvalue weighted by Gasteiger charge is -2.20. The Labute approximate surface area is 192 Å². The Morgan fingerprint density at radius 2 is 1.84 bits per heavy atom. The van der Waals surface area contributed by atoms with Crippen LogP contribution in [0.1, 0.15) is 46.0 Å². The van der Waals surface area contributed by atoms with Crippen molar-refractivity contribution in [2.75, 3.05) is 6.54 Å². The second kappa shape index (κ2) is 10.2. The van der Waals surface area contributed by atoms with Crippen molar-refractivity contribution in [2.45, 2.75) is 37.8 Å². The van der Waals surface area contributed by atoms with Gasteiger partial charge in [0.1, 0.15) is 11.5 Å². The van der Waals surface area contributed by atoms with E-state index in [4.69, 9.17) is 21.4 Å². The van der Waals surface area contributed by atoms with E-state index in [-0.39, 0.29) is 11.6 Å². The zero-order chi connectivity index (χ0) is 22.5. The van der Waals surface area contributed by atoms with Gasteiger partial charge >= 0.3 is 5.97 Å². The van der Waals surface area contributed by atoms with Crippen molar-refractivity contribution in [3.05, 3.63) is 94.0 Å². The summed E-state index contributed by atoms with van der Waals surface area (Å²) in [5.74, 6) is 0.370. The highest BCUT2D eigenvalue weighted by Crippen LogP contribution is 2.28. The van der Waals surface area contributed by atoms with Crippen molar-refractivity contribution in [1.29, 1.82) is 0 Å². The van der Waals surface area contributed by atoms with Crippen LogP contribution in [0.3, 0.4) is 0 Å². The molecular formula is C26H26ClNO4. The van der Waals surface area contributed by atoms with Gasteiger partial charge in [-0.25, -0.2) is 4.79 Å². The number of aryl methyl sites for hydroxylation is 1. The summed E-state index contributed by atoms with van der Waals surface area (Å²) >= 11 is 6.04. The Bertz CT molecular complexity index is 1080. The highest BCUT2D eigenvalue weighted by molar-refractivity contribution is 6.30. The Hall–Kier alpha value is -2.86. The maximum Gasteiger partial charge on any atom is 0.335 e. The third-order valence-electron chi connectivity index (χ3n) is 5.81. The first kappa shape index (κ1) is 22.3. The van der Waals surface area contributed by atoms with E-state index < -0.39 is 12.1 Å². The molecule has 0 saturated carbocycles. The van der Waals surface area contributed by atoms with Crippen LogP contribution >= 0.6 is 11.6 Å². The van der Waals surface area contributed by atoms with Gasteiger partial charge in [-0.05, 0) is 90.9 Å². The molecule has 0 bridgehead atoms. The third kappa shape index (κ3) is 5.68. The number of hydrogen-bond acceptors (Lipinski definition) is 4. The van der Waals surface area contributed by atoms with Crippen molar-refractivity contribution in [1.82, 2.24) is 5.32 Å². The molecule has 32 heavy (non-hydrogen) atoms. The van der Waals surface area contributed by atoms with Crippen LogP contribution in [0, 0.1) is 0 Å². The van der Waals surface area contributed by atoms with Gasteiger partial charge in [-0.2, -0.15) is 0 Å². The molecule has 0 unspecified atom stereocenters. The van der Waals surface area contributed by atoms with E-state index in [9.17, 15) is 9.90 Å². The molecule has 0 aromatic heterocycles. The predicted molar refractivity (Wildman–Crippen MR) is 125 cm³/mol. The van der Waals surface area contributed by atoms with Gasteiger partial charge < -0.3 is 20.3 Å². The lowest BCUT2D eigenvalue weighted by Crippen LogP contribution is -2.34. The number of carboxylic acid groups (broad SMARTS) is 1. The number of hydrogen-bond donors (Lipinski definition) is 3. The van der Waals surface area contributed by atoms with Crippen molar-refractivity contribution in [2.24, 2.45) is 0 Å². The first-order valence-corrected chi connectivity index (χ1v) is 11.2. The van der Waals surface area contributed by atoms with Crippen LogP contribution < -0.4 is 10.1 Å². The van der Waals surface area contributed by atoms with E-state index in [0.29, 0.717) is 17.3 Å². The Morgan fingerprint density at radius 1 is 1.06 bits per heavy atom. The minimum atomic E-state index is -0.958. The summed E-state index contributed by atoms with van der Waals surface area (Å²) in [4.78, 5) is 11.0. The normalized spacial score (nSPS) is 16.6. The van der Waals surface area contributed by atoms with E-state index in [1.807, 2.05) is 18.2 Å². The second-order valence-electron chi connectivity index (χ2n) is 8.13. The van der Waals surface area contributed by atoms with Gasteiger partial charge in [-0.1, -0.05) is 29.8 Å². The number of aliphatic hydroxyl groups excluding tert-OH is 1. The number of nitrogens with one attached hydrogen (secondary N) is 1. The van der Waals surface area contributed by atoms with Crippen molar-refractivity contribution < 1.29 is 19.7 Å². The predicted octanol–water partition coefficient (Wildman–Crippen LogP) is 5.40. The molecule has 4 rings (SSSR count). The highest BCUT2D eigenvalue weighted by Gasteiger charge is 2.19. The van der Waals surface area contributed by atoms with Crippen LogP contribution in [-0.2, 0) is 12.8 Å². The van der Waals surface area contributed by atoms with E-state index in [1.54, 1.807) is 24.3 Å². The molecule has 1 aliphatic carbocycles. The van der Waals surface area contributed by atoms with Gasteiger partial charge in [0.05, 0.1) is 11.7 Å². The number of ether oxygens (including phenoxy) is 1. The number of benzene rings is 3. The number of aliphatic hydroxyl groups is 1. The fourth-order valence-electron chi connectivity index (χ4n) is 4.09. The summed E-state index contributed by atoms with van der Waals surface area (Å²) in [6, 6.07) is 20.1. The minimum Gasteiger partial charge on any atom is -0.478 e. The number of halogens is 1. The first-order valence-electron chi connectivity index (χ1n) is 10.8. The molecule has 0 spiro atoms. The summed E-state index contributed by atoms with van der Waals surface area (Å²) in [6.45, 7) is 0.465. The van der Waals surface area contributed by atoms with Crippen LogP contribution in [0.15, 0.2) is 66.7 Å². The third-order valence-corrected chi connectivity index (χ3v) is 6.05. The fraction of sp³-hybridized carbons (Fsp3) is 0.269. The molecule has 3 aromatic carbocycles. The number of aromatic carboxylic acids is 1. The molecular weight excluding hydrogens is 426 g/mol. The molecule has 166 valence electrons. The molecule has 0 amide bonds. The Balaban J connectivity index is 1.40. The number of rotatable bonds is 7. The lowest BCUT2D eigenvalue weighted by molar-refractivity contribution is 0.0697. The van der Waals surface area contributed by atoms with Gasteiger partial charge in [-0.3, -0.25) is 0 Å². The van der Waals surface area contributed by atoms with Gasteiger partial charge in [0.2, 0.25) is 0 Å². The van der Waals surface area contributed by atoms with Crippen LogP contribution in [0.5, 0.6) is 11.5 Å². The topological polar surface area (TPSA) is 78.8 Å². The second-order valence-corrected chi connectivity index (χ2v) is 8.57. The van der Waals surface area contributed by atoms with Gasteiger partial charge in [-0.15, -0.1) is 0 Å². The minimum absolute atomic E-state index is 0.230. The van der Waals surface area contributed by atoms with Crippen molar-refractivity contribution in [3.63, 3.8) is 0 Å². The number of fused-ring (bicyclic) bond motifs is 1. The summed E-state index contributed by atoms with van der Waals surface area (Å²) < 4.78 is 5.96. The van der Waals surface area contributed by atoms with Crippen molar-refractivity contribution in [3.8, 4) is 11.5 Å². The van der Waals surface area contributed by atoms with E-state index in [0.717, 1.165) is 37.0 Å². The highest BCUT2D eigenvalue weighted by atomic mass is 35.5. The van der Waals surface area contributed by atoms with E-state index in [1.165, 1.54) is 23.3 Å². The molecule has 0 heterocycles. The average Bonchev–Trinajstić information content (AvgIpc) is 2.99. The smallest absolute Gasteiger partial charge is 0.335 e. The average molecular weight is 452 g/mol. The summed E-state index contributed by atoms with van der Waals surface area (Å²) in [7, 11) is 0. The molecule has 5 nitrogen and oxygen atoms in total. The van der Waals surface area contributed by atoms with Gasteiger partial charge in [0.25, 0.3) is 0 Å². The molecule has 3 N–H and O–H groups in total. The maximum absolute atomic E-state index is 11.0. The summed E-state index contributed by atoms with van der Waals surface area (Å²) in [5, 5.41) is 23.7. The SMILES string of the molecule is O=C(O)c1ccc(Oc2ccc3c(c2)C[C@@H](NC[C@H](O)c2cccc(Cl)c2)CCC3)cc1. The molecule has 0 fully saturated rings. The quantitative estimate of drug-likeness (QED) is 0.419. The van der Waals surface area contributed by atoms with Crippen LogP contribution in [0.25, 0.3) is 0 Å². The van der Waals surface area contributed by atoms with E-state index >= 15 is 0 Å². The summed E-state index contributed by atoms with van der Waals surface area (Å²) in [6.07, 6.45) is 3.36. The molecule has 0 aliphatic heterocycles. The molecule has 1 aliphatic rings. The van der Waals surface area contributed by atoms with Crippen LogP contribution in [0.4, 0.5) is 0 Å². The Morgan fingerprint density at radius 3 is 2.59 bits per heavy atom. The monoisotopic (exact) mass is 451 g/mol. The van der Waals surface area contributed by atoms with E-state index in [2.05, 4.69) is 17.4 Å². The molecule has 0 radical (unpaired) electrons. The Kier molecular flexibility index (Phi) is 7.10. The largest absolute Gasteiger partial charge is 0.478 e. The zero-order valence-corrected chi connectivity index (χ0v) is 18.4. The number of carboxylic acids is 1. The van der Waals surface area contributed by atoms with Gasteiger partial charge in [0, 0.05) is 17.6 Å². The standard InChI is InChI=1S/C26H26ClNO4/c27-21-5-1-4-19(13-21)25(29)16-28-22-6-2-3-17-7-12-24(15-20(17)14-22)32-23-10-8-18(9-11-23)26(30)31/h1,4-5,7-13,15,22,25,28-29H,2-3,6,14,16H2,(H,30,31)/t22-,25-/m0/s1. The molecule has 3 aromatic rings. The zero-order valence-electron chi connectivity index (χ0n) is 17.6. The number of carbonyl (C=O) groups is 1.